The molecule has 0 aliphatic carbocycles. The summed E-state index contributed by atoms with van der Waals surface area (Å²) in [5.74, 6) is -5.38. The van der Waals surface area contributed by atoms with Gasteiger partial charge in [-0.05, 0) is 29.7 Å². The third kappa shape index (κ3) is 3.91. The Hall–Kier alpha value is -3.40. The van der Waals surface area contributed by atoms with Crippen molar-refractivity contribution in [1.82, 2.24) is 10.2 Å². The lowest BCUT2D eigenvalue weighted by molar-refractivity contribution is -0.274. The highest BCUT2D eigenvalue weighted by Gasteiger charge is 2.69. The molecule has 2 heterocycles. The average Bonchev–Trinajstić information content (AvgIpc) is 3.27. The molecule has 2 saturated heterocycles. The Morgan fingerprint density at radius 3 is 2.44 bits per heavy atom. The number of carbonyl (C=O) groups excluding carboxylic acids is 2. The topological polar surface area (TPSA) is 95.9 Å². The molecule has 2 aromatic carbocycles. The molecule has 2 aliphatic heterocycles. The van der Waals surface area contributed by atoms with E-state index in [1.165, 1.54) is 12.1 Å². The predicted octanol–water partition coefficient (Wildman–Crippen LogP) is 3.61. The number of nitrogens with one attached hydrogen (secondary N) is 1. The van der Waals surface area contributed by atoms with Gasteiger partial charge in [0.25, 0.3) is 0 Å². The second-order valence-electron chi connectivity index (χ2n) is 8.41. The van der Waals surface area contributed by atoms with Crippen molar-refractivity contribution < 1.29 is 37.4 Å². The quantitative estimate of drug-likeness (QED) is 0.593. The van der Waals surface area contributed by atoms with Gasteiger partial charge in [0.2, 0.25) is 11.8 Å². The number of hydrogen-bond acceptors (Lipinski definition) is 5. The lowest BCUT2D eigenvalue weighted by Crippen LogP contribution is -2.53. The predicted molar refractivity (Wildman–Crippen MR) is 113 cm³/mol. The van der Waals surface area contributed by atoms with Gasteiger partial charge >= 0.3 is 12.3 Å². The van der Waals surface area contributed by atoms with E-state index >= 15 is 0 Å². The van der Waals surface area contributed by atoms with E-state index in [0.29, 0.717) is 12.8 Å². The van der Waals surface area contributed by atoms with Gasteiger partial charge in [0.1, 0.15) is 5.75 Å². The van der Waals surface area contributed by atoms with Gasteiger partial charge in [0, 0.05) is 12.6 Å². The number of benzene rings is 2. The maximum Gasteiger partial charge on any atom is 0.573 e. The molecular formula is C24H23F3N2O5. The maximum absolute atomic E-state index is 13.5. The van der Waals surface area contributed by atoms with Gasteiger partial charge in [0.15, 0.2) is 5.54 Å². The molecule has 2 aromatic rings. The van der Waals surface area contributed by atoms with Crippen LogP contribution in [0.4, 0.5) is 13.2 Å². The number of carboxylic acid groups (broad SMARTS) is 1. The van der Waals surface area contributed by atoms with Gasteiger partial charge in [-0.3, -0.25) is 19.8 Å². The fourth-order valence-electron chi connectivity index (χ4n) is 4.98. The summed E-state index contributed by atoms with van der Waals surface area (Å²) in [5.41, 5.74) is -1.44. The van der Waals surface area contributed by atoms with Crippen molar-refractivity contribution in [2.24, 2.45) is 11.8 Å². The summed E-state index contributed by atoms with van der Waals surface area (Å²) in [6, 6.07) is 12.0. The third-order valence-corrected chi connectivity index (χ3v) is 6.40. The molecule has 2 N–H and O–H groups in total. The van der Waals surface area contributed by atoms with Gasteiger partial charge in [-0.2, -0.15) is 0 Å². The lowest BCUT2D eigenvalue weighted by atomic mass is 9.75. The Morgan fingerprint density at radius 2 is 1.82 bits per heavy atom. The van der Waals surface area contributed by atoms with E-state index in [4.69, 9.17) is 0 Å². The number of imide groups is 1. The number of alkyl halides is 3. The number of likely N-dealkylation sites (tertiary alicyclic amines) is 1. The molecule has 0 aromatic heterocycles. The summed E-state index contributed by atoms with van der Waals surface area (Å²) in [6.45, 7) is 2.05. The number of fused-ring (bicyclic) bond motifs is 1. The van der Waals surface area contributed by atoms with Crippen molar-refractivity contribution in [2.45, 2.75) is 37.7 Å². The minimum absolute atomic E-state index is 0.148. The molecule has 7 nitrogen and oxygen atoms in total. The first kappa shape index (κ1) is 23.7. The number of nitrogens with zero attached hydrogens (tertiary/aromatic N) is 1. The number of aliphatic carboxylic acids is 1. The van der Waals surface area contributed by atoms with E-state index in [2.05, 4.69) is 10.1 Å². The molecule has 4 rings (SSSR count). The minimum Gasteiger partial charge on any atom is -0.480 e. The first-order chi connectivity index (χ1) is 16.1. The van der Waals surface area contributed by atoms with Crippen LogP contribution in [-0.2, 0) is 19.9 Å². The highest BCUT2D eigenvalue weighted by molar-refractivity contribution is 6.09. The van der Waals surface area contributed by atoms with Crippen molar-refractivity contribution in [2.75, 3.05) is 6.54 Å². The molecule has 0 bridgehead atoms. The van der Waals surface area contributed by atoms with Gasteiger partial charge in [-0.25, -0.2) is 4.79 Å². The number of amides is 2. The summed E-state index contributed by atoms with van der Waals surface area (Å²) >= 11 is 0. The Labute approximate surface area is 193 Å². The summed E-state index contributed by atoms with van der Waals surface area (Å²) in [6.07, 6.45) is -3.65. The number of carbonyl (C=O) groups is 3. The molecule has 2 amide bonds. The van der Waals surface area contributed by atoms with E-state index in [1.54, 1.807) is 30.3 Å². The summed E-state index contributed by atoms with van der Waals surface area (Å²) < 4.78 is 42.3. The maximum atomic E-state index is 13.5. The average molecular weight is 476 g/mol. The van der Waals surface area contributed by atoms with Crippen LogP contribution in [0.5, 0.6) is 5.75 Å². The highest BCUT2D eigenvalue weighted by Crippen LogP contribution is 2.53. The summed E-state index contributed by atoms with van der Waals surface area (Å²) in [5, 5.41) is 13.3. The van der Waals surface area contributed by atoms with E-state index in [0.717, 1.165) is 17.0 Å². The van der Waals surface area contributed by atoms with Crippen LogP contribution in [0.25, 0.3) is 0 Å². The second-order valence-corrected chi connectivity index (χ2v) is 8.41. The van der Waals surface area contributed by atoms with Crippen molar-refractivity contribution >= 4 is 17.8 Å². The highest BCUT2D eigenvalue weighted by atomic mass is 19.4. The van der Waals surface area contributed by atoms with Crippen molar-refractivity contribution in [3.8, 4) is 5.75 Å². The molecule has 34 heavy (non-hydrogen) atoms. The first-order valence-corrected chi connectivity index (χ1v) is 10.9. The zero-order chi connectivity index (χ0) is 24.7. The zero-order valence-corrected chi connectivity index (χ0v) is 18.2. The molecular weight excluding hydrogens is 453 g/mol. The second kappa shape index (κ2) is 8.75. The number of carboxylic acids is 1. The molecule has 4 atom stereocenters. The smallest absolute Gasteiger partial charge is 0.480 e. The molecule has 2 fully saturated rings. The van der Waals surface area contributed by atoms with Crippen LogP contribution < -0.4 is 10.1 Å². The van der Waals surface area contributed by atoms with Gasteiger partial charge in [-0.1, -0.05) is 55.8 Å². The molecule has 2 aliphatic rings. The Balaban J connectivity index is 1.85. The molecule has 4 unspecified atom stereocenters. The first-order valence-electron chi connectivity index (χ1n) is 10.9. The van der Waals surface area contributed by atoms with Crippen LogP contribution in [0.2, 0.25) is 0 Å². The number of rotatable bonds is 7. The molecule has 180 valence electrons. The van der Waals surface area contributed by atoms with Crippen LogP contribution in [0.3, 0.4) is 0 Å². The monoisotopic (exact) mass is 476 g/mol. The normalized spacial score (nSPS) is 26.6. The molecule has 0 radical (unpaired) electrons. The van der Waals surface area contributed by atoms with E-state index in [1.807, 2.05) is 6.92 Å². The van der Waals surface area contributed by atoms with Crippen molar-refractivity contribution in [3.05, 3.63) is 65.7 Å². The Kier molecular flexibility index (Phi) is 6.11. The van der Waals surface area contributed by atoms with Crippen molar-refractivity contribution in [1.29, 1.82) is 0 Å². The SMILES string of the molecule is CCCCN1C(=O)C2C(c3cccc(OC(F)(F)F)c3)NC(C(=O)O)(c3ccccc3)C2C1=O. The van der Waals surface area contributed by atoms with Crippen LogP contribution in [0.15, 0.2) is 54.6 Å². The van der Waals surface area contributed by atoms with Crippen LogP contribution >= 0.6 is 0 Å². The number of halogens is 3. The summed E-state index contributed by atoms with van der Waals surface area (Å²) in [4.78, 5) is 40.7. The van der Waals surface area contributed by atoms with Crippen molar-refractivity contribution in [3.63, 3.8) is 0 Å². The lowest BCUT2D eigenvalue weighted by Gasteiger charge is -2.31. The number of ether oxygens (including phenoxy) is 1. The number of hydrogen-bond donors (Lipinski definition) is 2. The fraction of sp³-hybridized carbons (Fsp3) is 0.375. The number of unbranched alkanes of at least 4 members (excludes halogenated alkanes) is 1. The van der Waals surface area contributed by atoms with Gasteiger partial charge in [0.05, 0.1) is 11.8 Å². The minimum atomic E-state index is -4.92. The van der Waals surface area contributed by atoms with Crippen LogP contribution in [0.1, 0.15) is 36.9 Å². The Bertz CT molecular complexity index is 1110. The Morgan fingerprint density at radius 1 is 1.12 bits per heavy atom. The van der Waals surface area contributed by atoms with E-state index in [-0.39, 0.29) is 17.7 Å². The molecule has 0 saturated carbocycles. The standard InChI is InChI=1S/C24H23F3N2O5/c1-2-3-12-29-20(30)17-18(21(29)31)23(22(32)33,15-9-5-4-6-10-15)28-19(17)14-8-7-11-16(13-14)34-24(25,26)27/h4-11,13,17-19,28H,2-3,12H2,1H3,(H,32,33). The van der Waals surface area contributed by atoms with E-state index in [9.17, 15) is 32.7 Å². The molecule has 10 heteroatoms. The zero-order valence-electron chi connectivity index (χ0n) is 18.2. The molecule has 0 spiro atoms. The van der Waals surface area contributed by atoms with Crippen LogP contribution in [0, 0.1) is 11.8 Å². The van der Waals surface area contributed by atoms with Gasteiger partial charge < -0.3 is 9.84 Å². The van der Waals surface area contributed by atoms with Crippen LogP contribution in [-0.4, -0.2) is 40.7 Å². The largest absolute Gasteiger partial charge is 0.573 e. The van der Waals surface area contributed by atoms with Gasteiger partial charge in [-0.15, -0.1) is 13.2 Å². The summed E-state index contributed by atoms with van der Waals surface area (Å²) in [7, 11) is 0. The fourth-order valence-corrected chi connectivity index (χ4v) is 4.98. The van der Waals surface area contributed by atoms with E-state index < -0.39 is 53.3 Å². The third-order valence-electron chi connectivity index (χ3n) is 6.40.